The van der Waals surface area contributed by atoms with Crippen molar-refractivity contribution in [1.82, 2.24) is 14.8 Å². The van der Waals surface area contributed by atoms with Crippen LogP contribution in [0, 0.1) is 13.8 Å². The van der Waals surface area contributed by atoms with Gasteiger partial charge in [-0.2, -0.15) is 13.2 Å². The van der Waals surface area contributed by atoms with Crippen LogP contribution in [0.5, 0.6) is 0 Å². The molecule has 0 bridgehead atoms. The molecule has 1 amide bonds. The average molecular weight is 345 g/mol. The number of carbonyl (C=O) groups excluding carboxylic acids is 1. The molecule has 0 radical (unpaired) electrons. The number of nitrogens with zero attached hydrogens (tertiary/aromatic N) is 3. The Balaban J connectivity index is 1.82. The standard InChI is InChI=1S/C16H22F3N3O2/c1-11-4-5-14(20-12(11)2)10-21-6-8-22(9-7-21)15(23)24-13(3)16(17,18)19/h4-5,13H,6-10H2,1-3H3. The SMILES string of the molecule is Cc1ccc(CN2CCN(C(=O)OC(C)C(F)(F)F)CC2)nc1C. The van der Waals surface area contributed by atoms with Crippen LogP contribution in [0.15, 0.2) is 12.1 Å². The first-order valence-corrected chi connectivity index (χ1v) is 7.84. The van der Waals surface area contributed by atoms with E-state index < -0.39 is 18.4 Å². The molecule has 0 aliphatic carbocycles. The van der Waals surface area contributed by atoms with Gasteiger partial charge >= 0.3 is 12.3 Å². The Labute approximate surface area is 139 Å². The Morgan fingerprint density at radius 2 is 1.88 bits per heavy atom. The summed E-state index contributed by atoms with van der Waals surface area (Å²) in [5.41, 5.74) is 3.06. The van der Waals surface area contributed by atoms with Crippen LogP contribution in [0.1, 0.15) is 23.9 Å². The van der Waals surface area contributed by atoms with Gasteiger partial charge < -0.3 is 9.64 Å². The van der Waals surface area contributed by atoms with E-state index in [1.54, 1.807) is 0 Å². The lowest BCUT2D eigenvalue weighted by Gasteiger charge is -2.34. The van der Waals surface area contributed by atoms with Crippen LogP contribution >= 0.6 is 0 Å². The summed E-state index contributed by atoms with van der Waals surface area (Å²) >= 11 is 0. The minimum atomic E-state index is -4.54. The summed E-state index contributed by atoms with van der Waals surface area (Å²) in [5.74, 6) is 0. The van der Waals surface area contributed by atoms with Crippen molar-refractivity contribution in [3.63, 3.8) is 0 Å². The number of rotatable bonds is 3. The molecule has 1 saturated heterocycles. The van der Waals surface area contributed by atoms with E-state index in [1.165, 1.54) is 4.90 Å². The number of hydrogen-bond donors (Lipinski definition) is 0. The first-order valence-electron chi connectivity index (χ1n) is 7.84. The molecule has 1 unspecified atom stereocenters. The third-order valence-corrected chi connectivity index (χ3v) is 4.16. The number of alkyl halides is 3. The zero-order valence-corrected chi connectivity index (χ0v) is 14.1. The highest BCUT2D eigenvalue weighted by atomic mass is 19.4. The van der Waals surface area contributed by atoms with Crippen molar-refractivity contribution in [3.05, 3.63) is 29.1 Å². The first-order chi connectivity index (χ1) is 11.2. The molecule has 134 valence electrons. The number of pyridine rings is 1. The fourth-order valence-corrected chi connectivity index (χ4v) is 2.38. The van der Waals surface area contributed by atoms with Crippen LogP contribution in [-0.4, -0.2) is 59.3 Å². The third kappa shape index (κ3) is 4.83. The van der Waals surface area contributed by atoms with E-state index in [9.17, 15) is 18.0 Å². The molecule has 2 rings (SSSR count). The number of amides is 1. The number of carbonyl (C=O) groups is 1. The quantitative estimate of drug-likeness (QED) is 0.845. The van der Waals surface area contributed by atoms with Crippen LogP contribution in [-0.2, 0) is 11.3 Å². The van der Waals surface area contributed by atoms with Gasteiger partial charge in [-0.25, -0.2) is 4.79 Å². The number of ether oxygens (including phenoxy) is 1. The molecule has 2 heterocycles. The predicted octanol–water partition coefficient (Wildman–Crippen LogP) is 2.90. The van der Waals surface area contributed by atoms with Gasteiger partial charge in [-0.1, -0.05) is 6.07 Å². The summed E-state index contributed by atoms with van der Waals surface area (Å²) in [6.07, 6.45) is -7.54. The smallest absolute Gasteiger partial charge is 0.425 e. The van der Waals surface area contributed by atoms with Gasteiger partial charge in [0.05, 0.1) is 5.69 Å². The Hall–Kier alpha value is -1.83. The molecule has 5 nitrogen and oxygen atoms in total. The largest absolute Gasteiger partial charge is 0.437 e. The topological polar surface area (TPSA) is 45.7 Å². The van der Waals surface area contributed by atoms with Crippen LogP contribution in [0.4, 0.5) is 18.0 Å². The van der Waals surface area contributed by atoms with Crippen molar-refractivity contribution in [2.45, 2.75) is 39.6 Å². The molecule has 1 aromatic rings. The van der Waals surface area contributed by atoms with Gasteiger partial charge in [-0.15, -0.1) is 0 Å². The minimum absolute atomic E-state index is 0.342. The maximum absolute atomic E-state index is 12.4. The number of halogens is 3. The lowest BCUT2D eigenvalue weighted by Crippen LogP contribution is -2.49. The molecule has 0 N–H and O–H groups in total. The summed E-state index contributed by atoms with van der Waals surface area (Å²) in [6, 6.07) is 3.98. The highest BCUT2D eigenvalue weighted by Gasteiger charge is 2.40. The van der Waals surface area contributed by atoms with Crippen molar-refractivity contribution in [2.75, 3.05) is 26.2 Å². The summed E-state index contributed by atoms with van der Waals surface area (Å²) < 4.78 is 41.8. The normalized spacial score (nSPS) is 17.7. The van der Waals surface area contributed by atoms with Gasteiger partial charge in [0.1, 0.15) is 0 Å². The van der Waals surface area contributed by atoms with Crippen LogP contribution in [0.25, 0.3) is 0 Å². The summed E-state index contributed by atoms with van der Waals surface area (Å²) in [6.45, 7) is 7.27. The number of aryl methyl sites for hydroxylation is 2. The Kier molecular flexibility index (Phi) is 5.69. The van der Waals surface area contributed by atoms with Crippen molar-refractivity contribution < 1.29 is 22.7 Å². The fraction of sp³-hybridized carbons (Fsp3) is 0.625. The number of aromatic nitrogens is 1. The molecule has 1 fully saturated rings. The fourth-order valence-electron chi connectivity index (χ4n) is 2.38. The summed E-state index contributed by atoms with van der Waals surface area (Å²) in [5, 5.41) is 0. The van der Waals surface area contributed by atoms with Gasteiger partial charge in [-0.3, -0.25) is 9.88 Å². The van der Waals surface area contributed by atoms with E-state index in [1.807, 2.05) is 26.0 Å². The van der Waals surface area contributed by atoms with Crippen molar-refractivity contribution in [2.24, 2.45) is 0 Å². The maximum Gasteiger partial charge on any atom is 0.425 e. The van der Waals surface area contributed by atoms with Crippen LogP contribution in [0.3, 0.4) is 0 Å². The summed E-state index contributed by atoms with van der Waals surface area (Å²) in [7, 11) is 0. The molecule has 1 aromatic heterocycles. The van der Waals surface area contributed by atoms with Crippen molar-refractivity contribution in [1.29, 1.82) is 0 Å². The van der Waals surface area contributed by atoms with E-state index in [0.29, 0.717) is 32.7 Å². The van der Waals surface area contributed by atoms with Gasteiger partial charge in [0.2, 0.25) is 0 Å². The van der Waals surface area contributed by atoms with Crippen molar-refractivity contribution >= 4 is 6.09 Å². The maximum atomic E-state index is 12.4. The molecule has 0 saturated carbocycles. The molecule has 1 aliphatic heterocycles. The highest BCUT2D eigenvalue weighted by Crippen LogP contribution is 2.23. The van der Waals surface area contributed by atoms with Gasteiger partial charge in [0.25, 0.3) is 0 Å². The average Bonchev–Trinajstić information content (AvgIpc) is 2.50. The van der Waals surface area contributed by atoms with E-state index >= 15 is 0 Å². The lowest BCUT2D eigenvalue weighted by atomic mass is 10.2. The molecule has 1 atom stereocenters. The molecule has 0 aromatic carbocycles. The van der Waals surface area contributed by atoms with E-state index in [2.05, 4.69) is 14.6 Å². The monoisotopic (exact) mass is 345 g/mol. The van der Waals surface area contributed by atoms with E-state index in [0.717, 1.165) is 23.9 Å². The number of piperazine rings is 1. The van der Waals surface area contributed by atoms with Crippen molar-refractivity contribution in [3.8, 4) is 0 Å². The molecule has 8 heteroatoms. The van der Waals surface area contributed by atoms with Crippen LogP contribution in [0.2, 0.25) is 0 Å². The van der Waals surface area contributed by atoms with E-state index in [-0.39, 0.29) is 0 Å². The zero-order chi connectivity index (χ0) is 17.9. The molecule has 0 spiro atoms. The number of hydrogen-bond acceptors (Lipinski definition) is 4. The lowest BCUT2D eigenvalue weighted by molar-refractivity contribution is -0.200. The van der Waals surface area contributed by atoms with Gasteiger partial charge in [-0.05, 0) is 32.4 Å². The molecule has 1 aliphatic rings. The second-order valence-corrected chi connectivity index (χ2v) is 6.04. The minimum Gasteiger partial charge on any atom is -0.437 e. The highest BCUT2D eigenvalue weighted by molar-refractivity contribution is 5.68. The third-order valence-electron chi connectivity index (χ3n) is 4.16. The Morgan fingerprint density at radius 3 is 2.42 bits per heavy atom. The Morgan fingerprint density at radius 1 is 1.25 bits per heavy atom. The van der Waals surface area contributed by atoms with Gasteiger partial charge in [0, 0.05) is 38.4 Å². The predicted molar refractivity (Wildman–Crippen MR) is 82.6 cm³/mol. The first kappa shape index (κ1) is 18.5. The van der Waals surface area contributed by atoms with Gasteiger partial charge in [0.15, 0.2) is 6.10 Å². The van der Waals surface area contributed by atoms with E-state index in [4.69, 9.17) is 0 Å². The molecular weight excluding hydrogens is 323 g/mol. The zero-order valence-electron chi connectivity index (χ0n) is 14.1. The molecular formula is C16H22F3N3O2. The van der Waals surface area contributed by atoms with Crippen LogP contribution < -0.4 is 0 Å². The summed E-state index contributed by atoms with van der Waals surface area (Å²) in [4.78, 5) is 19.7. The molecule has 24 heavy (non-hydrogen) atoms. The second kappa shape index (κ2) is 7.38. The second-order valence-electron chi connectivity index (χ2n) is 6.04. The Bertz CT molecular complexity index is 584.